The van der Waals surface area contributed by atoms with E-state index in [0.717, 1.165) is 11.1 Å². The van der Waals surface area contributed by atoms with E-state index in [1.807, 2.05) is 26.0 Å². The van der Waals surface area contributed by atoms with Crippen molar-refractivity contribution in [2.24, 2.45) is 5.73 Å². The number of benzene rings is 1. The van der Waals surface area contributed by atoms with Gasteiger partial charge < -0.3 is 15.6 Å². The van der Waals surface area contributed by atoms with E-state index in [4.69, 9.17) is 10.5 Å². The third-order valence-corrected chi connectivity index (χ3v) is 3.33. The number of hydrogen-bond donors (Lipinski definition) is 2. The average Bonchev–Trinajstić information content (AvgIpc) is 2.28. The molecule has 0 aliphatic rings. The van der Waals surface area contributed by atoms with Gasteiger partial charge in [0, 0.05) is 5.56 Å². The van der Waals surface area contributed by atoms with Crippen molar-refractivity contribution in [2.75, 3.05) is 13.7 Å². The van der Waals surface area contributed by atoms with Crippen molar-refractivity contribution < 1.29 is 14.6 Å². The van der Waals surface area contributed by atoms with Crippen LogP contribution in [0.25, 0.3) is 0 Å². The molecule has 100 valence electrons. The summed E-state index contributed by atoms with van der Waals surface area (Å²) in [6, 6.07) is 3.85. The fourth-order valence-electron chi connectivity index (χ4n) is 2.28. The number of hydrogen-bond acceptors (Lipinski definition) is 3. The van der Waals surface area contributed by atoms with E-state index in [1.54, 1.807) is 14.0 Å². The summed E-state index contributed by atoms with van der Waals surface area (Å²) in [5, 5.41) is 9.51. The van der Waals surface area contributed by atoms with E-state index in [1.165, 1.54) is 0 Å². The Bertz CT molecular complexity index is 457. The molecule has 0 bridgehead atoms. The molecule has 0 aliphatic heterocycles. The van der Waals surface area contributed by atoms with Crippen molar-refractivity contribution in [1.82, 2.24) is 0 Å². The van der Waals surface area contributed by atoms with Gasteiger partial charge in [-0.2, -0.15) is 0 Å². The highest BCUT2D eigenvalue weighted by Gasteiger charge is 2.37. The van der Waals surface area contributed by atoms with Crippen molar-refractivity contribution in [3.63, 3.8) is 0 Å². The molecule has 1 aromatic rings. The Kier molecular flexibility index (Phi) is 4.35. The number of nitrogens with two attached hydrogens (primary N) is 1. The Balaban J connectivity index is 3.49. The lowest BCUT2D eigenvalue weighted by Crippen LogP contribution is -2.35. The lowest BCUT2D eigenvalue weighted by Gasteiger charge is -2.28. The van der Waals surface area contributed by atoms with Gasteiger partial charge in [-0.3, -0.25) is 4.79 Å². The lowest BCUT2D eigenvalue weighted by atomic mass is 9.77. The van der Waals surface area contributed by atoms with Crippen LogP contribution in [0.4, 0.5) is 0 Å². The molecule has 0 amide bonds. The summed E-state index contributed by atoms with van der Waals surface area (Å²) < 4.78 is 5.37. The largest absolute Gasteiger partial charge is 0.496 e. The predicted molar refractivity (Wildman–Crippen MR) is 71.1 cm³/mol. The first kappa shape index (κ1) is 14.5. The summed E-state index contributed by atoms with van der Waals surface area (Å²) in [7, 11) is 1.56. The first-order valence-electron chi connectivity index (χ1n) is 5.96. The van der Waals surface area contributed by atoms with Crippen LogP contribution in [-0.2, 0) is 10.2 Å². The molecule has 1 aromatic carbocycles. The maximum Gasteiger partial charge on any atom is 0.314 e. The smallest absolute Gasteiger partial charge is 0.314 e. The molecule has 4 heteroatoms. The van der Waals surface area contributed by atoms with E-state index in [9.17, 15) is 9.90 Å². The standard InChI is InChI=1S/C14H21NO3/c1-9-7-10(2)12(18-4)11(8-9)14(3,5-6-15)13(16)17/h7-8H,5-6,15H2,1-4H3,(H,16,17). The van der Waals surface area contributed by atoms with E-state index >= 15 is 0 Å². The topological polar surface area (TPSA) is 72.5 Å². The molecule has 0 aromatic heterocycles. The maximum atomic E-state index is 11.6. The van der Waals surface area contributed by atoms with Gasteiger partial charge in [0.15, 0.2) is 0 Å². The van der Waals surface area contributed by atoms with E-state index in [-0.39, 0.29) is 0 Å². The monoisotopic (exact) mass is 251 g/mol. The van der Waals surface area contributed by atoms with Crippen LogP contribution in [0.3, 0.4) is 0 Å². The third-order valence-electron chi connectivity index (χ3n) is 3.33. The second kappa shape index (κ2) is 5.40. The van der Waals surface area contributed by atoms with E-state index in [0.29, 0.717) is 24.3 Å². The summed E-state index contributed by atoms with van der Waals surface area (Å²) in [6.07, 6.45) is 0.377. The molecule has 3 N–H and O–H groups in total. The molecule has 0 heterocycles. The molecule has 0 spiro atoms. The van der Waals surface area contributed by atoms with Gasteiger partial charge in [0.05, 0.1) is 12.5 Å². The van der Waals surface area contributed by atoms with Gasteiger partial charge in [0.2, 0.25) is 0 Å². The summed E-state index contributed by atoms with van der Waals surface area (Å²) in [5.74, 6) is -0.241. The molecule has 1 atom stereocenters. The van der Waals surface area contributed by atoms with Gasteiger partial charge in [-0.05, 0) is 39.3 Å². The second-order valence-electron chi connectivity index (χ2n) is 4.84. The highest BCUT2D eigenvalue weighted by Crippen LogP contribution is 2.37. The quantitative estimate of drug-likeness (QED) is 0.839. The molecular formula is C14H21NO3. The van der Waals surface area contributed by atoms with Crippen molar-refractivity contribution in [3.8, 4) is 5.75 Å². The van der Waals surface area contributed by atoms with E-state index < -0.39 is 11.4 Å². The van der Waals surface area contributed by atoms with Crippen molar-refractivity contribution in [2.45, 2.75) is 32.6 Å². The Morgan fingerprint density at radius 3 is 2.50 bits per heavy atom. The molecule has 0 radical (unpaired) electrons. The number of carbonyl (C=O) groups is 1. The maximum absolute atomic E-state index is 11.6. The molecule has 1 rings (SSSR count). The average molecular weight is 251 g/mol. The van der Waals surface area contributed by atoms with Gasteiger partial charge in [0.25, 0.3) is 0 Å². The van der Waals surface area contributed by atoms with Crippen LogP contribution in [0.15, 0.2) is 12.1 Å². The number of aryl methyl sites for hydroxylation is 2. The molecule has 0 saturated heterocycles. The predicted octanol–water partition coefficient (Wildman–Crippen LogP) is 2.00. The van der Waals surface area contributed by atoms with Crippen molar-refractivity contribution in [1.29, 1.82) is 0 Å². The lowest BCUT2D eigenvalue weighted by molar-refractivity contribution is -0.143. The fraction of sp³-hybridized carbons (Fsp3) is 0.500. The van der Waals surface area contributed by atoms with Crippen LogP contribution in [-0.4, -0.2) is 24.7 Å². The zero-order chi connectivity index (χ0) is 13.9. The molecule has 0 saturated carbocycles. The first-order valence-corrected chi connectivity index (χ1v) is 5.96. The van der Waals surface area contributed by atoms with Gasteiger partial charge in [-0.15, -0.1) is 0 Å². The summed E-state index contributed by atoms with van der Waals surface area (Å²) >= 11 is 0. The minimum Gasteiger partial charge on any atom is -0.496 e. The van der Waals surface area contributed by atoms with E-state index in [2.05, 4.69) is 0 Å². The Morgan fingerprint density at radius 2 is 2.06 bits per heavy atom. The van der Waals surface area contributed by atoms with Crippen molar-refractivity contribution >= 4 is 5.97 Å². The minimum atomic E-state index is -1.02. The number of carboxylic acid groups (broad SMARTS) is 1. The zero-order valence-electron chi connectivity index (χ0n) is 11.4. The summed E-state index contributed by atoms with van der Waals surface area (Å²) in [5.41, 5.74) is 7.19. The third kappa shape index (κ3) is 2.48. The minimum absolute atomic E-state index is 0.318. The normalized spacial score (nSPS) is 14.1. The fourth-order valence-corrected chi connectivity index (χ4v) is 2.28. The highest BCUT2D eigenvalue weighted by molar-refractivity contribution is 5.82. The van der Waals surface area contributed by atoms with Gasteiger partial charge in [0.1, 0.15) is 5.75 Å². The van der Waals surface area contributed by atoms with Crippen molar-refractivity contribution in [3.05, 3.63) is 28.8 Å². The van der Waals surface area contributed by atoms with Gasteiger partial charge in [-0.25, -0.2) is 0 Å². The highest BCUT2D eigenvalue weighted by atomic mass is 16.5. The Labute approximate surface area is 108 Å². The Morgan fingerprint density at radius 1 is 1.44 bits per heavy atom. The number of carboxylic acids is 1. The van der Waals surface area contributed by atoms with Crippen LogP contribution in [0.1, 0.15) is 30.0 Å². The number of aliphatic carboxylic acids is 1. The van der Waals surface area contributed by atoms with Gasteiger partial charge in [-0.1, -0.05) is 17.7 Å². The summed E-state index contributed by atoms with van der Waals surface area (Å²) in [4.78, 5) is 11.6. The molecule has 4 nitrogen and oxygen atoms in total. The molecule has 0 fully saturated rings. The van der Waals surface area contributed by atoms with Crippen LogP contribution < -0.4 is 10.5 Å². The zero-order valence-corrected chi connectivity index (χ0v) is 11.4. The number of rotatable bonds is 5. The molecule has 18 heavy (non-hydrogen) atoms. The second-order valence-corrected chi connectivity index (χ2v) is 4.84. The van der Waals surface area contributed by atoms with Crippen LogP contribution in [0, 0.1) is 13.8 Å². The van der Waals surface area contributed by atoms with Gasteiger partial charge >= 0.3 is 5.97 Å². The molecular weight excluding hydrogens is 230 g/mol. The Hall–Kier alpha value is -1.55. The van der Waals surface area contributed by atoms with Crippen LogP contribution in [0.5, 0.6) is 5.75 Å². The molecule has 1 unspecified atom stereocenters. The summed E-state index contributed by atoms with van der Waals surface area (Å²) in [6.45, 7) is 5.87. The number of ether oxygens (including phenoxy) is 1. The van der Waals surface area contributed by atoms with Crippen LogP contribution >= 0.6 is 0 Å². The molecule has 0 aliphatic carbocycles. The first-order chi connectivity index (χ1) is 8.36. The number of methoxy groups -OCH3 is 1. The SMILES string of the molecule is COc1c(C)cc(C)cc1C(C)(CCN)C(=O)O. The van der Waals surface area contributed by atoms with Crippen LogP contribution in [0.2, 0.25) is 0 Å².